The van der Waals surface area contributed by atoms with Gasteiger partial charge in [0.05, 0.1) is 18.3 Å². The second-order valence-electron chi connectivity index (χ2n) is 7.26. The minimum Gasteiger partial charge on any atom is -0.323 e. The van der Waals surface area contributed by atoms with Gasteiger partial charge in [-0.1, -0.05) is 6.07 Å². The normalized spacial score (nSPS) is 14.0. The van der Waals surface area contributed by atoms with E-state index in [1.807, 2.05) is 42.4 Å². The summed E-state index contributed by atoms with van der Waals surface area (Å²) in [6.07, 6.45) is 1.76. The summed E-state index contributed by atoms with van der Waals surface area (Å²) in [4.78, 5) is 28.5. The Morgan fingerprint density at radius 2 is 2.00 bits per heavy atom. The molecule has 0 saturated carbocycles. The van der Waals surface area contributed by atoms with Crippen LogP contribution >= 0.6 is 11.8 Å². The number of fused-ring (bicyclic) bond motifs is 1. The molecule has 10 heteroatoms. The van der Waals surface area contributed by atoms with Crippen molar-refractivity contribution >= 4 is 40.3 Å². The fourth-order valence-electron chi connectivity index (χ4n) is 3.57. The van der Waals surface area contributed by atoms with E-state index in [0.717, 1.165) is 28.5 Å². The van der Waals surface area contributed by atoms with Crippen molar-refractivity contribution < 1.29 is 14.0 Å². The number of carbonyl (C=O) groups is 2. The first-order chi connectivity index (χ1) is 15.0. The largest absolute Gasteiger partial charge is 0.324 e. The van der Waals surface area contributed by atoms with E-state index in [2.05, 4.69) is 5.10 Å². The lowest BCUT2D eigenvalue weighted by atomic mass is 10.1. The Labute approximate surface area is 183 Å². The van der Waals surface area contributed by atoms with Crippen LogP contribution in [0.1, 0.15) is 15.9 Å². The number of thioether (sulfide) groups is 1. The molecule has 1 aromatic heterocycles. The lowest BCUT2D eigenvalue weighted by Gasteiger charge is -2.33. The number of nitrogen functional groups attached to an aromatic ring is 1. The van der Waals surface area contributed by atoms with E-state index in [1.165, 1.54) is 12.1 Å². The van der Waals surface area contributed by atoms with Gasteiger partial charge in [-0.15, -0.1) is 0 Å². The van der Waals surface area contributed by atoms with Crippen molar-refractivity contribution in [2.24, 2.45) is 12.9 Å². The molecule has 0 radical (unpaired) electrons. The minimum absolute atomic E-state index is 0.0300. The number of anilines is 1. The maximum absolute atomic E-state index is 14.8. The molecule has 0 unspecified atom stereocenters. The van der Waals surface area contributed by atoms with Crippen LogP contribution in [-0.2, 0) is 13.6 Å². The van der Waals surface area contributed by atoms with Crippen LogP contribution in [-0.4, -0.2) is 51.2 Å². The van der Waals surface area contributed by atoms with Gasteiger partial charge >= 0.3 is 6.03 Å². The quantitative estimate of drug-likeness (QED) is 0.368. The van der Waals surface area contributed by atoms with Gasteiger partial charge in [0.15, 0.2) is 0 Å². The molecule has 1 fully saturated rings. The molecule has 3 aromatic rings. The van der Waals surface area contributed by atoms with Gasteiger partial charge in [-0.25, -0.2) is 15.0 Å². The number of benzene rings is 2. The topological polar surface area (TPSA) is 96.5 Å². The molecule has 1 saturated heterocycles. The molecule has 2 aromatic carbocycles. The van der Waals surface area contributed by atoms with Crippen molar-refractivity contribution in [1.29, 1.82) is 0 Å². The Balaban J connectivity index is 1.70. The van der Waals surface area contributed by atoms with Gasteiger partial charge < -0.3 is 4.90 Å². The molecule has 0 bridgehead atoms. The zero-order valence-corrected chi connectivity index (χ0v) is 17.9. The van der Waals surface area contributed by atoms with Crippen molar-refractivity contribution in [3.8, 4) is 0 Å². The Bertz CT molecular complexity index is 1130. The highest BCUT2D eigenvalue weighted by Crippen LogP contribution is 2.26. The van der Waals surface area contributed by atoms with Gasteiger partial charge in [-0.05, 0) is 30.3 Å². The summed E-state index contributed by atoms with van der Waals surface area (Å²) in [5.74, 6) is 5.72. The van der Waals surface area contributed by atoms with Gasteiger partial charge in [0.25, 0.3) is 5.91 Å². The predicted octanol–water partition coefficient (Wildman–Crippen LogP) is 2.49. The van der Waals surface area contributed by atoms with Crippen molar-refractivity contribution in [2.45, 2.75) is 6.54 Å². The third-order valence-corrected chi connectivity index (χ3v) is 6.27. The molecule has 1 aliphatic rings. The number of nitrogens with zero attached hydrogens (tertiary/aromatic N) is 4. The van der Waals surface area contributed by atoms with E-state index in [9.17, 15) is 14.0 Å². The lowest BCUT2D eigenvalue weighted by molar-refractivity contribution is 0.0953. The standard InChI is InChI=1S/C21H23FN6O2S/c1-26-19-11-17(5-4-15(19)12-24-26)28(21(30)27-6-8-31-9-7-27)13-16-3-2-14(10-18(16)22)20(29)25-23/h2-5,10-12H,6-9,13,23H2,1H3,(H,25,29). The van der Waals surface area contributed by atoms with Crippen LogP contribution in [0.25, 0.3) is 10.9 Å². The summed E-state index contributed by atoms with van der Waals surface area (Å²) in [5.41, 5.74) is 3.94. The molecule has 3 N–H and O–H groups in total. The van der Waals surface area contributed by atoms with E-state index >= 15 is 0 Å². The second kappa shape index (κ2) is 8.94. The molecule has 1 aliphatic heterocycles. The number of aryl methyl sites for hydroxylation is 1. The van der Waals surface area contributed by atoms with Gasteiger partial charge in [0.1, 0.15) is 5.82 Å². The third-order valence-electron chi connectivity index (χ3n) is 5.33. The van der Waals surface area contributed by atoms with Crippen LogP contribution < -0.4 is 16.2 Å². The number of hydrazine groups is 1. The van der Waals surface area contributed by atoms with Crippen LogP contribution in [0.3, 0.4) is 0 Å². The number of nitrogens with two attached hydrogens (primary N) is 1. The van der Waals surface area contributed by atoms with E-state index in [-0.39, 0.29) is 18.1 Å². The SMILES string of the molecule is Cn1ncc2ccc(N(Cc3ccc(C(=O)NN)cc3F)C(=O)N3CCSCC3)cc21. The number of nitrogens with one attached hydrogen (secondary N) is 1. The van der Waals surface area contributed by atoms with Crippen LogP contribution in [0, 0.1) is 5.82 Å². The lowest BCUT2D eigenvalue weighted by Crippen LogP contribution is -2.46. The molecular formula is C21H23FN6O2S. The first-order valence-electron chi connectivity index (χ1n) is 9.83. The molecular weight excluding hydrogens is 419 g/mol. The maximum atomic E-state index is 14.8. The van der Waals surface area contributed by atoms with Crippen LogP contribution in [0.5, 0.6) is 0 Å². The number of hydrogen-bond acceptors (Lipinski definition) is 5. The van der Waals surface area contributed by atoms with Crippen LogP contribution in [0.15, 0.2) is 42.6 Å². The number of urea groups is 1. The highest BCUT2D eigenvalue weighted by atomic mass is 32.2. The molecule has 31 heavy (non-hydrogen) atoms. The first kappa shape index (κ1) is 21.1. The molecule has 8 nitrogen and oxygen atoms in total. The van der Waals surface area contributed by atoms with E-state index in [4.69, 9.17) is 5.84 Å². The maximum Gasteiger partial charge on any atom is 0.324 e. The monoisotopic (exact) mass is 442 g/mol. The van der Waals surface area contributed by atoms with Crippen molar-refractivity contribution in [3.05, 3.63) is 59.5 Å². The fraction of sp³-hybridized carbons (Fsp3) is 0.286. The van der Waals surface area contributed by atoms with Gasteiger partial charge in [0.2, 0.25) is 0 Å². The number of hydrogen-bond donors (Lipinski definition) is 2. The van der Waals surface area contributed by atoms with Crippen molar-refractivity contribution in [2.75, 3.05) is 29.5 Å². The highest BCUT2D eigenvalue weighted by Gasteiger charge is 2.26. The highest BCUT2D eigenvalue weighted by molar-refractivity contribution is 7.99. The number of rotatable bonds is 4. The third kappa shape index (κ3) is 4.35. The zero-order chi connectivity index (χ0) is 22.0. The van der Waals surface area contributed by atoms with E-state index < -0.39 is 11.7 Å². The summed E-state index contributed by atoms with van der Waals surface area (Å²) in [5, 5.41) is 5.21. The Morgan fingerprint density at radius 1 is 1.23 bits per heavy atom. The number of aromatic nitrogens is 2. The van der Waals surface area contributed by atoms with Gasteiger partial charge in [-0.2, -0.15) is 16.9 Å². The smallest absolute Gasteiger partial charge is 0.323 e. The summed E-state index contributed by atoms with van der Waals surface area (Å²) < 4.78 is 16.5. The average Bonchev–Trinajstić information content (AvgIpc) is 3.18. The molecule has 3 amide bonds. The van der Waals surface area contributed by atoms with E-state index in [0.29, 0.717) is 24.3 Å². The second-order valence-corrected chi connectivity index (χ2v) is 8.48. The molecule has 4 rings (SSSR count). The van der Waals surface area contributed by atoms with Crippen LogP contribution in [0.4, 0.5) is 14.9 Å². The Kier molecular flexibility index (Phi) is 6.10. The molecule has 2 heterocycles. The molecule has 162 valence electrons. The number of amides is 3. The first-order valence-corrected chi connectivity index (χ1v) is 11.0. The predicted molar refractivity (Wildman–Crippen MR) is 119 cm³/mol. The van der Waals surface area contributed by atoms with Gasteiger partial charge in [-0.3, -0.25) is 19.8 Å². The average molecular weight is 443 g/mol. The Morgan fingerprint density at radius 3 is 2.71 bits per heavy atom. The Hall–Kier alpha value is -3.11. The van der Waals surface area contributed by atoms with Crippen molar-refractivity contribution in [3.63, 3.8) is 0 Å². The zero-order valence-electron chi connectivity index (χ0n) is 17.0. The van der Waals surface area contributed by atoms with Crippen LogP contribution in [0.2, 0.25) is 0 Å². The number of carbonyl (C=O) groups excluding carboxylic acids is 2. The van der Waals surface area contributed by atoms with E-state index in [1.54, 1.807) is 20.7 Å². The summed E-state index contributed by atoms with van der Waals surface area (Å²) in [7, 11) is 1.83. The van der Waals surface area contributed by atoms with Crippen molar-refractivity contribution in [1.82, 2.24) is 20.1 Å². The van der Waals surface area contributed by atoms with Gasteiger partial charge in [0, 0.05) is 53.8 Å². The summed E-state index contributed by atoms with van der Waals surface area (Å²) in [6.45, 7) is 1.32. The summed E-state index contributed by atoms with van der Waals surface area (Å²) in [6, 6.07) is 9.57. The molecule has 0 aliphatic carbocycles. The fourth-order valence-corrected chi connectivity index (χ4v) is 4.47. The number of halogens is 1. The molecule has 0 atom stereocenters. The summed E-state index contributed by atoms with van der Waals surface area (Å²) >= 11 is 1.81. The minimum atomic E-state index is -0.578. The molecule has 0 spiro atoms.